The Morgan fingerprint density at radius 3 is 2.80 bits per heavy atom. The fourth-order valence-electron chi connectivity index (χ4n) is 1.95. The van der Waals surface area contributed by atoms with Gasteiger partial charge in [0.2, 0.25) is 0 Å². The molecule has 0 aliphatic heterocycles. The van der Waals surface area contributed by atoms with E-state index >= 15 is 0 Å². The third-order valence-electron chi connectivity index (χ3n) is 3.18. The summed E-state index contributed by atoms with van der Waals surface area (Å²) in [5.74, 6) is 0.694. The molecule has 104 valence electrons. The summed E-state index contributed by atoms with van der Waals surface area (Å²) in [7, 11) is 1.85. The molecule has 0 N–H and O–H groups in total. The molecule has 1 aromatic heterocycles. The van der Waals surface area contributed by atoms with Gasteiger partial charge in [0.1, 0.15) is 12.4 Å². The number of hydrogen-bond donors (Lipinski definition) is 0. The zero-order valence-corrected chi connectivity index (χ0v) is 12.5. The molecule has 0 atom stereocenters. The van der Waals surface area contributed by atoms with Gasteiger partial charge in [-0.1, -0.05) is 24.6 Å². The number of rotatable bonds is 4. The highest BCUT2D eigenvalue weighted by atomic mass is 35.5. The molecular weight excluding hydrogens is 274 g/mol. The highest BCUT2D eigenvalue weighted by Crippen LogP contribution is 2.24. The molecule has 0 bridgehead atoms. The first-order valence-corrected chi connectivity index (χ1v) is 6.78. The maximum absolute atomic E-state index is 8.92. The van der Waals surface area contributed by atoms with Crippen LogP contribution in [0.15, 0.2) is 18.2 Å². The van der Waals surface area contributed by atoms with Crippen LogP contribution in [-0.4, -0.2) is 9.78 Å². The number of ether oxygens (including phenoxy) is 1. The van der Waals surface area contributed by atoms with Crippen molar-refractivity contribution in [3.63, 3.8) is 0 Å². The molecule has 5 heteroatoms. The van der Waals surface area contributed by atoms with Crippen molar-refractivity contribution in [2.24, 2.45) is 7.05 Å². The normalized spacial score (nSPS) is 10.3. The number of aromatic nitrogens is 2. The van der Waals surface area contributed by atoms with Crippen LogP contribution < -0.4 is 4.74 Å². The minimum Gasteiger partial charge on any atom is -0.487 e. The number of benzene rings is 1. The Balaban J connectivity index is 2.21. The molecule has 0 amide bonds. The number of nitriles is 1. The molecule has 2 aromatic rings. The summed E-state index contributed by atoms with van der Waals surface area (Å²) < 4.78 is 7.53. The van der Waals surface area contributed by atoms with E-state index in [1.165, 1.54) is 0 Å². The van der Waals surface area contributed by atoms with Gasteiger partial charge in [0, 0.05) is 7.05 Å². The van der Waals surface area contributed by atoms with E-state index in [4.69, 9.17) is 21.6 Å². The molecule has 1 aromatic carbocycles. The first-order chi connectivity index (χ1) is 9.56. The van der Waals surface area contributed by atoms with Crippen LogP contribution in [0.4, 0.5) is 0 Å². The topological polar surface area (TPSA) is 50.8 Å². The van der Waals surface area contributed by atoms with Crippen LogP contribution >= 0.6 is 11.6 Å². The fourth-order valence-corrected chi connectivity index (χ4v) is 2.30. The van der Waals surface area contributed by atoms with E-state index in [2.05, 4.69) is 11.2 Å². The smallest absolute Gasteiger partial charge is 0.131 e. The van der Waals surface area contributed by atoms with Gasteiger partial charge in [-0.3, -0.25) is 4.68 Å². The van der Waals surface area contributed by atoms with Gasteiger partial charge < -0.3 is 4.74 Å². The lowest BCUT2D eigenvalue weighted by Crippen LogP contribution is -2.04. The summed E-state index contributed by atoms with van der Waals surface area (Å²) in [6, 6.07) is 7.49. The summed E-state index contributed by atoms with van der Waals surface area (Å²) in [6.07, 6.45) is 0.787. The Labute approximate surface area is 123 Å². The monoisotopic (exact) mass is 289 g/mol. The predicted molar refractivity (Wildman–Crippen MR) is 77.8 cm³/mol. The lowest BCUT2D eigenvalue weighted by atomic mass is 10.1. The molecule has 0 unspecified atom stereocenters. The van der Waals surface area contributed by atoms with Crippen molar-refractivity contribution < 1.29 is 4.74 Å². The van der Waals surface area contributed by atoms with E-state index in [9.17, 15) is 0 Å². The van der Waals surface area contributed by atoms with Gasteiger partial charge in [0.15, 0.2) is 0 Å². The molecule has 0 radical (unpaired) electrons. The van der Waals surface area contributed by atoms with E-state index in [-0.39, 0.29) is 0 Å². The highest BCUT2D eigenvalue weighted by molar-refractivity contribution is 6.31. The van der Waals surface area contributed by atoms with Gasteiger partial charge >= 0.3 is 0 Å². The van der Waals surface area contributed by atoms with Gasteiger partial charge in [0.05, 0.1) is 28.0 Å². The zero-order chi connectivity index (χ0) is 14.7. The van der Waals surface area contributed by atoms with Crippen molar-refractivity contribution in [1.82, 2.24) is 9.78 Å². The van der Waals surface area contributed by atoms with Crippen LogP contribution in [0.25, 0.3) is 0 Å². The second-order valence-corrected chi connectivity index (χ2v) is 4.94. The Morgan fingerprint density at radius 1 is 1.45 bits per heavy atom. The number of nitrogens with zero attached hydrogens (tertiary/aromatic N) is 3. The molecule has 2 rings (SSSR count). The second-order valence-electron chi connectivity index (χ2n) is 4.57. The van der Waals surface area contributed by atoms with Gasteiger partial charge in [0.25, 0.3) is 0 Å². The molecule has 0 fully saturated rings. The van der Waals surface area contributed by atoms with Gasteiger partial charge in [-0.05, 0) is 31.0 Å². The van der Waals surface area contributed by atoms with Gasteiger partial charge in [-0.25, -0.2) is 0 Å². The standard InChI is InChI=1S/C15H16ClN3O/c1-4-12-15(16)13(19(3)18-12)9-20-14-7-11(8-17)6-5-10(14)2/h5-7H,4,9H2,1-3H3. The molecule has 0 spiro atoms. The van der Waals surface area contributed by atoms with E-state index in [1.54, 1.807) is 16.8 Å². The van der Waals surface area contributed by atoms with Crippen LogP contribution in [0.3, 0.4) is 0 Å². The quantitative estimate of drug-likeness (QED) is 0.867. The Morgan fingerprint density at radius 2 is 2.20 bits per heavy atom. The maximum Gasteiger partial charge on any atom is 0.131 e. The third-order valence-corrected chi connectivity index (χ3v) is 3.62. The fraction of sp³-hybridized carbons (Fsp3) is 0.333. The van der Waals surface area contributed by atoms with Crippen molar-refractivity contribution in [1.29, 1.82) is 5.26 Å². The van der Waals surface area contributed by atoms with E-state index in [0.717, 1.165) is 23.4 Å². The lowest BCUT2D eigenvalue weighted by Gasteiger charge is -2.10. The number of aryl methyl sites for hydroxylation is 3. The van der Waals surface area contributed by atoms with Crippen LogP contribution in [0.1, 0.15) is 29.4 Å². The number of halogens is 1. The van der Waals surface area contributed by atoms with Crippen molar-refractivity contribution in [3.8, 4) is 11.8 Å². The van der Waals surface area contributed by atoms with Crippen molar-refractivity contribution in [3.05, 3.63) is 45.7 Å². The van der Waals surface area contributed by atoms with Crippen molar-refractivity contribution in [2.75, 3.05) is 0 Å². The molecular formula is C15H16ClN3O. The average Bonchev–Trinajstić information content (AvgIpc) is 2.73. The zero-order valence-electron chi connectivity index (χ0n) is 11.8. The summed E-state index contributed by atoms with van der Waals surface area (Å²) in [5, 5.41) is 13.9. The molecule has 0 aliphatic carbocycles. The lowest BCUT2D eigenvalue weighted by molar-refractivity contribution is 0.293. The molecule has 0 saturated heterocycles. The molecule has 1 heterocycles. The SMILES string of the molecule is CCc1nn(C)c(COc2cc(C#N)ccc2C)c1Cl. The molecule has 20 heavy (non-hydrogen) atoms. The molecule has 0 saturated carbocycles. The maximum atomic E-state index is 8.92. The Hall–Kier alpha value is -1.99. The third kappa shape index (κ3) is 2.78. The average molecular weight is 290 g/mol. The first-order valence-electron chi connectivity index (χ1n) is 6.40. The summed E-state index contributed by atoms with van der Waals surface area (Å²) >= 11 is 6.28. The Bertz CT molecular complexity index is 670. The summed E-state index contributed by atoms with van der Waals surface area (Å²) in [5.41, 5.74) is 3.27. The second kappa shape index (κ2) is 5.98. The van der Waals surface area contributed by atoms with E-state index in [1.807, 2.05) is 27.0 Å². The summed E-state index contributed by atoms with van der Waals surface area (Å²) in [4.78, 5) is 0. The first kappa shape index (κ1) is 14.4. The largest absolute Gasteiger partial charge is 0.487 e. The minimum atomic E-state index is 0.331. The minimum absolute atomic E-state index is 0.331. The summed E-state index contributed by atoms with van der Waals surface area (Å²) in [6.45, 7) is 4.29. The van der Waals surface area contributed by atoms with E-state index < -0.39 is 0 Å². The van der Waals surface area contributed by atoms with Crippen molar-refractivity contribution in [2.45, 2.75) is 26.9 Å². The van der Waals surface area contributed by atoms with Crippen LogP contribution in [0, 0.1) is 18.3 Å². The number of hydrogen-bond acceptors (Lipinski definition) is 3. The molecule has 0 aliphatic rings. The van der Waals surface area contributed by atoms with Gasteiger partial charge in [-0.15, -0.1) is 0 Å². The Kier molecular flexibility index (Phi) is 4.31. The van der Waals surface area contributed by atoms with E-state index in [0.29, 0.717) is 22.9 Å². The van der Waals surface area contributed by atoms with Crippen molar-refractivity contribution >= 4 is 11.6 Å². The van der Waals surface area contributed by atoms with Crippen LogP contribution in [-0.2, 0) is 20.1 Å². The van der Waals surface area contributed by atoms with Gasteiger partial charge in [-0.2, -0.15) is 10.4 Å². The van der Waals surface area contributed by atoms with Crippen LogP contribution in [0.2, 0.25) is 5.02 Å². The molecule has 4 nitrogen and oxygen atoms in total. The predicted octanol–water partition coefficient (Wildman–Crippen LogP) is 3.40. The van der Waals surface area contributed by atoms with Crippen LogP contribution in [0.5, 0.6) is 5.75 Å². The highest BCUT2D eigenvalue weighted by Gasteiger charge is 2.14.